The van der Waals surface area contributed by atoms with Crippen LogP contribution in [0.3, 0.4) is 0 Å². The van der Waals surface area contributed by atoms with Gasteiger partial charge < -0.3 is 19.7 Å². The highest BCUT2D eigenvalue weighted by Gasteiger charge is 2.15. The molecule has 0 aliphatic carbocycles. The van der Waals surface area contributed by atoms with Crippen LogP contribution in [0.5, 0.6) is 0 Å². The summed E-state index contributed by atoms with van der Waals surface area (Å²) in [5, 5.41) is 2.12. The van der Waals surface area contributed by atoms with Crippen LogP contribution in [0.1, 0.15) is 27.2 Å². The molecule has 5 nitrogen and oxygen atoms in total. The third-order valence-corrected chi connectivity index (χ3v) is 2.55. The van der Waals surface area contributed by atoms with Crippen molar-refractivity contribution in [3.8, 4) is 0 Å². The van der Waals surface area contributed by atoms with E-state index in [9.17, 15) is 19.1 Å². The molecule has 0 saturated heterocycles. The fourth-order valence-corrected chi connectivity index (χ4v) is 1.97. The largest absolute Gasteiger partial charge is 0.809 e. The van der Waals surface area contributed by atoms with Crippen molar-refractivity contribution in [2.45, 2.75) is 33.0 Å². The van der Waals surface area contributed by atoms with Gasteiger partial charge in [0.15, 0.2) is 0 Å². The van der Waals surface area contributed by atoms with Crippen LogP contribution in [-0.2, 0) is 9.36 Å². The number of carbonyl (C=O) groups excluding carboxylic acids is 1. The van der Waals surface area contributed by atoms with E-state index >= 15 is 0 Å². The Labute approximate surface area is 77.7 Å². The first-order chi connectivity index (χ1) is 5.73. The lowest BCUT2D eigenvalue weighted by atomic mass is 10.1. The van der Waals surface area contributed by atoms with Gasteiger partial charge in [-0.2, -0.15) is 0 Å². The van der Waals surface area contributed by atoms with Crippen molar-refractivity contribution in [3.05, 3.63) is 0 Å². The molecule has 13 heavy (non-hydrogen) atoms. The highest BCUT2D eigenvalue weighted by molar-refractivity contribution is 7.49. The molecule has 0 fully saturated rings. The molecule has 0 heterocycles. The molecule has 0 bridgehead atoms. The molecule has 0 aromatic heterocycles. The van der Waals surface area contributed by atoms with Gasteiger partial charge in [0.25, 0.3) is 0 Å². The molecule has 0 aliphatic rings. The lowest BCUT2D eigenvalue weighted by molar-refractivity contribution is -0.317. The SMILES string of the molecule is CC(=O)N[C@@H](CC(C)C)P(=O)([O-])[O-]. The topological polar surface area (TPSA) is 92.3 Å². The van der Waals surface area contributed by atoms with Crippen molar-refractivity contribution in [3.63, 3.8) is 0 Å². The smallest absolute Gasteiger partial charge is 0.217 e. The number of rotatable bonds is 4. The third kappa shape index (κ3) is 5.80. The van der Waals surface area contributed by atoms with Gasteiger partial charge >= 0.3 is 0 Å². The maximum absolute atomic E-state index is 10.7. The Morgan fingerprint density at radius 2 is 1.92 bits per heavy atom. The minimum absolute atomic E-state index is 0.0491. The van der Waals surface area contributed by atoms with E-state index < -0.39 is 19.3 Å². The lowest BCUT2D eigenvalue weighted by Gasteiger charge is -2.39. The molecule has 1 amide bonds. The normalized spacial score (nSPS) is 14.3. The Morgan fingerprint density at radius 1 is 1.46 bits per heavy atom. The Bertz CT molecular complexity index is 223. The van der Waals surface area contributed by atoms with Crippen LogP contribution in [0, 0.1) is 5.92 Å². The van der Waals surface area contributed by atoms with Crippen molar-refractivity contribution in [1.29, 1.82) is 0 Å². The lowest BCUT2D eigenvalue weighted by Crippen LogP contribution is -2.40. The molecular weight excluding hydrogens is 193 g/mol. The predicted octanol–water partition coefficient (Wildman–Crippen LogP) is -0.592. The summed E-state index contributed by atoms with van der Waals surface area (Å²) in [6, 6.07) is 0. The molecule has 0 rings (SSSR count). The van der Waals surface area contributed by atoms with Gasteiger partial charge in [-0.05, 0) is 19.9 Å². The Balaban J connectivity index is 4.38. The van der Waals surface area contributed by atoms with Gasteiger partial charge in [0, 0.05) is 6.92 Å². The molecular formula is C7H14NO4P-2. The van der Waals surface area contributed by atoms with Gasteiger partial charge in [0.2, 0.25) is 5.91 Å². The summed E-state index contributed by atoms with van der Waals surface area (Å²) in [6.45, 7) is 4.75. The summed E-state index contributed by atoms with van der Waals surface area (Å²) >= 11 is 0. The fourth-order valence-electron chi connectivity index (χ4n) is 0.948. The zero-order valence-electron chi connectivity index (χ0n) is 7.94. The number of hydrogen-bond acceptors (Lipinski definition) is 4. The van der Waals surface area contributed by atoms with E-state index in [1.165, 1.54) is 6.92 Å². The highest BCUT2D eigenvalue weighted by Crippen LogP contribution is 2.33. The first-order valence-corrected chi connectivity index (χ1v) is 5.63. The number of hydrogen-bond donors (Lipinski definition) is 1. The summed E-state index contributed by atoms with van der Waals surface area (Å²) in [4.78, 5) is 31.9. The minimum atomic E-state index is -4.72. The molecule has 0 aromatic rings. The number of amides is 1. The van der Waals surface area contributed by atoms with Crippen molar-refractivity contribution in [1.82, 2.24) is 5.32 Å². The molecule has 0 saturated carbocycles. The summed E-state index contributed by atoms with van der Waals surface area (Å²) in [5.41, 5.74) is 0. The second-order valence-corrected chi connectivity index (χ2v) is 5.09. The minimum Gasteiger partial charge on any atom is -0.809 e. The molecule has 6 heteroatoms. The molecule has 0 unspecified atom stereocenters. The van der Waals surface area contributed by atoms with Gasteiger partial charge in [-0.1, -0.05) is 13.8 Å². The molecule has 0 aliphatic heterocycles. The quantitative estimate of drug-likeness (QED) is 0.623. The average molecular weight is 207 g/mol. The summed E-state index contributed by atoms with van der Waals surface area (Å²) < 4.78 is 10.7. The van der Waals surface area contributed by atoms with E-state index in [4.69, 9.17) is 0 Å². The van der Waals surface area contributed by atoms with Crippen LogP contribution >= 0.6 is 7.60 Å². The number of carbonyl (C=O) groups is 1. The second-order valence-electron chi connectivity index (χ2n) is 3.39. The molecule has 1 N–H and O–H groups in total. The van der Waals surface area contributed by atoms with Crippen molar-refractivity contribution in [2.75, 3.05) is 0 Å². The molecule has 78 valence electrons. The van der Waals surface area contributed by atoms with E-state index in [0.29, 0.717) is 0 Å². The van der Waals surface area contributed by atoms with Crippen molar-refractivity contribution >= 4 is 13.5 Å². The molecule has 0 aromatic carbocycles. The maximum Gasteiger partial charge on any atom is 0.217 e. The summed E-state index contributed by atoms with van der Waals surface area (Å²) in [6.07, 6.45) is 0.157. The van der Waals surface area contributed by atoms with Crippen molar-refractivity contribution < 1.29 is 19.1 Å². The molecule has 1 atom stereocenters. The van der Waals surface area contributed by atoms with E-state index in [0.717, 1.165) is 0 Å². The Hall–Kier alpha value is -0.380. The zero-order chi connectivity index (χ0) is 10.6. The van der Waals surface area contributed by atoms with Gasteiger partial charge in [-0.15, -0.1) is 0 Å². The fraction of sp³-hybridized carbons (Fsp3) is 0.857. The highest BCUT2D eigenvalue weighted by atomic mass is 31.2. The van der Waals surface area contributed by atoms with Crippen LogP contribution < -0.4 is 15.1 Å². The monoisotopic (exact) mass is 207 g/mol. The second kappa shape index (κ2) is 4.74. The molecule has 0 spiro atoms. The summed E-state index contributed by atoms with van der Waals surface area (Å²) in [5.74, 6) is -1.73. The van der Waals surface area contributed by atoms with Crippen molar-refractivity contribution in [2.24, 2.45) is 5.92 Å². The van der Waals surface area contributed by atoms with E-state index in [2.05, 4.69) is 5.32 Å². The van der Waals surface area contributed by atoms with Crippen LogP contribution in [0.2, 0.25) is 0 Å². The van der Waals surface area contributed by atoms with Crippen LogP contribution in [-0.4, -0.2) is 11.7 Å². The maximum atomic E-state index is 10.7. The van der Waals surface area contributed by atoms with E-state index in [1.54, 1.807) is 13.8 Å². The predicted molar refractivity (Wildman–Crippen MR) is 44.7 cm³/mol. The average Bonchev–Trinajstić information content (AvgIpc) is 1.81. The van der Waals surface area contributed by atoms with Crippen LogP contribution in [0.25, 0.3) is 0 Å². The number of nitrogens with one attached hydrogen (secondary N) is 1. The standard InChI is InChI=1S/C7H16NO4P/c1-5(2)4-7(8-6(3)9)13(10,11)12/h5,7H,4H2,1-3H3,(H,8,9)(H2,10,11,12)/p-2/t7-/m1/s1. The van der Waals surface area contributed by atoms with Crippen LogP contribution in [0.4, 0.5) is 0 Å². The zero-order valence-corrected chi connectivity index (χ0v) is 8.84. The Kier molecular flexibility index (Phi) is 4.61. The first kappa shape index (κ1) is 12.6. The van der Waals surface area contributed by atoms with E-state index in [1.807, 2.05) is 0 Å². The Morgan fingerprint density at radius 3 is 2.15 bits per heavy atom. The van der Waals surface area contributed by atoms with Gasteiger partial charge in [0.05, 0.1) is 5.78 Å². The molecule has 0 radical (unpaired) electrons. The van der Waals surface area contributed by atoms with Gasteiger partial charge in [-0.25, -0.2) is 0 Å². The van der Waals surface area contributed by atoms with Gasteiger partial charge in [0.1, 0.15) is 0 Å². The third-order valence-electron chi connectivity index (χ3n) is 1.45. The van der Waals surface area contributed by atoms with Gasteiger partial charge in [-0.3, -0.25) is 4.79 Å². The van der Waals surface area contributed by atoms with Crippen LogP contribution in [0.15, 0.2) is 0 Å². The first-order valence-electron chi connectivity index (χ1n) is 4.02. The van der Waals surface area contributed by atoms with E-state index in [-0.39, 0.29) is 12.3 Å². The summed E-state index contributed by atoms with van der Waals surface area (Å²) in [7, 11) is -4.72.